The first-order chi connectivity index (χ1) is 9.24. The van der Waals surface area contributed by atoms with Gasteiger partial charge in [-0.25, -0.2) is 0 Å². The van der Waals surface area contributed by atoms with E-state index in [2.05, 4.69) is 17.6 Å². The maximum atomic E-state index is 12.2. The van der Waals surface area contributed by atoms with Crippen molar-refractivity contribution in [2.45, 2.75) is 6.92 Å². The molecule has 1 fully saturated rings. The monoisotopic (exact) mass is 262 g/mol. The fraction of sp³-hybridized carbons (Fsp3) is 0.500. The highest BCUT2D eigenvalue weighted by Gasteiger charge is 2.29. The maximum Gasteiger partial charge on any atom is 0.229 e. The van der Waals surface area contributed by atoms with E-state index in [1.165, 1.54) is 0 Å². The first-order valence-corrected chi connectivity index (χ1v) is 6.65. The van der Waals surface area contributed by atoms with Crippen molar-refractivity contribution in [3.63, 3.8) is 0 Å². The average molecular weight is 262 g/mol. The third-order valence-corrected chi connectivity index (χ3v) is 3.66. The summed E-state index contributed by atoms with van der Waals surface area (Å²) in [6.45, 7) is 4.86. The largest absolute Gasteiger partial charge is 0.486 e. The molecule has 5 heteroatoms. The second-order valence-corrected chi connectivity index (χ2v) is 5.09. The zero-order valence-electron chi connectivity index (χ0n) is 10.9. The number of nitrogens with one attached hydrogen (secondary N) is 2. The van der Waals surface area contributed by atoms with Crippen molar-refractivity contribution in [1.82, 2.24) is 5.32 Å². The maximum absolute atomic E-state index is 12.2. The molecule has 0 saturated carbocycles. The minimum Gasteiger partial charge on any atom is -0.486 e. The lowest BCUT2D eigenvalue weighted by Crippen LogP contribution is -2.27. The second-order valence-electron chi connectivity index (χ2n) is 5.09. The smallest absolute Gasteiger partial charge is 0.229 e. The Kier molecular flexibility index (Phi) is 3.29. The van der Waals surface area contributed by atoms with Gasteiger partial charge < -0.3 is 20.1 Å². The van der Waals surface area contributed by atoms with Gasteiger partial charge in [0.05, 0.1) is 5.92 Å². The van der Waals surface area contributed by atoms with E-state index in [1.54, 1.807) is 0 Å². The first kappa shape index (κ1) is 12.3. The van der Waals surface area contributed by atoms with Crippen LogP contribution in [0.25, 0.3) is 0 Å². The summed E-state index contributed by atoms with van der Waals surface area (Å²) in [5, 5.41) is 6.18. The van der Waals surface area contributed by atoms with Gasteiger partial charge in [0.25, 0.3) is 0 Å². The Hall–Kier alpha value is -1.75. The second kappa shape index (κ2) is 5.09. The summed E-state index contributed by atoms with van der Waals surface area (Å²) in [5.41, 5.74) is 0.758. The van der Waals surface area contributed by atoms with Crippen molar-refractivity contribution in [2.75, 3.05) is 31.6 Å². The van der Waals surface area contributed by atoms with Crippen molar-refractivity contribution < 1.29 is 14.3 Å². The van der Waals surface area contributed by atoms with E-state index in [-0.39, 0.29) is 11.8 Å². The number of hydrogen-bond donors (Lipinski definition) is 2. The van der Waals surface area contributed by atoms with Crippen LogP contribution >= 0.6 is 0 Å². The summed E-state index contributed by atoms with van der Waals surface area (Å²) in [5.74, 6) is 1.90. The van der Waals surface area contributed by atoms with Crippen molar-refractivity contribution in [1.29, 1.82) is 0 Å². The SMILES string of the molecule is C[C@@H]1CNC[C@H]1C(=O)Nc1ccc2c(c1)OCCO2. The molecule has 2 heterocycles. The van der Waals surface area contributed by atoms with Crippen LogP contribution < -0.4 is 20.1 Å². The molecular weight excluding hydrogens is 244 g/mol. The van der Waals surface area contributed by atoms with Gasteiger partial charge in [-0.05, 0) is 24.6 Å². The van der Waals surface area contributed by atoms with Crippen molar-refractivity contribution >= 4 is 11.6 Å². The highest BCUT2D eigenvalue weighted by Crippen LogP contribution is 2.32. The average Bonchev–Trinajstić information content (AvgIpc) is 2.85. The lowest BCUT2D eigenvalue weighted by molar-refractivity contribution is -0.120. The van der Waals surface area contributed by atoms with Crippen LogP contribution in [0.4, 0.5) is 5.69 Å². The van der Waals surface area contributed by atoms with E-state index in [9.17, 15) is 4.79 Å². The van der Waals surface area contributed by atoms with Gasteiger partial charge in [0.15, 0.2) is 11.5 Å². The molecule has 0 aromatic heterocycles. The molecule has 1 saturated heterocycles. The van der Waals surface area contributed by atoms with E-state index in [1.807, 2.05) is 18.2 Å². The number of carbonyl (C=O) groups is 1. The Morgan fingerprint density at radius 3 is 2.79 bits per heavy atom. The molecule has 2 N–H and O–H groups in total. The van der Waals surface area contributed by atoms with E-state index in [0.29, 0.717) is 24.9 Å². The standard InChI is InChI=1S/C14H18N2O3/c1-9-7-15-8-11(9)14(17)16-10-2-3-12-13(6-10)19-5-4-18-12/h2-3,6,9,11,15H,4-5,7-8H2,1H3,(H,16,17)/t9-,11-/m1/s1. The lowest BCUT2D eigenvalue weighted by Gasteiger charge is -2.20. The van der Waals surface area contributed by atoms with Crippen molar-refractivity contribution in [2.24, 2.45) is 11.8 Å². The zero-order chi connectivity index (χ0) is 13.2. The number of carbonyl (C=O) groups excluding carboxylic acids is 1. The van der Waals surface area contributed by atoms with E-state index in [4.69, 9.17) is 9.47 Å². The van der Waals surface area contributed by atoms with Gasteiger partial charge in [0.1, 0.15) is 13.2 Å². The number of benzene rings is 1. The van der Waals surface area contributed by atoms with E-state index >= 15 is 0 Å². The van der Waals surface area contributed by atoms with E-state index in [0.717, 1.165) is 24.5 Å². The molecule has 19 heavy (non-hydrogen) atoms. The molecule has 0 radical (unpaired) electrons. The topological polar surface area (TPSA) is 59.6 Å². The number of rotatable bonds is 2. The summed E-state index contributed by atoms with van der Waals surface area (Å²) in [7, 11) is 0. The summed E-state index contributed by atoms with van der Waals surface area (Å²) in [4.78, 5) is 12.2. The molecule has 1 amide bonds. The summed E-state index contributed by atoms with van der Waals surface area (Å²) >= 11 is 0. The Morgan fingerprint density at radius 2 is 2.05 bits per heavy atom. The summed E-state index contributed by atoms with van der Waals surface area (Å²) < 4.78 is 11.0. The van der Waals surface area contributed by atoms with Gasteiger partial charge in [-0.15, -0.1) is 0 Å². The molecule has 3 rings (SSSR count). The number of anilines is 1. The Labute approximate surface area is 112 Å². The van der Waals surface area contributed by atoms with Crippen LogP contribution in [-0.4, -0.2) is 32.2 Å². The van der Waals surface area contributed by atoms with Gasteiger partial charge >= 0.3 is 0 Å². The molecule has 2 atom stereocenters. The van der Waals surface area contributed by atoms with Crippen LogP contribution in [0.15, 0.2) is 18.2 Å². The molecule has 0 spiro atoms. The minimum atomic E-state index is 0.0354. The molecule has 1 aromatic rings. The fourth-order valence-corrected chi connectivity index (χ4v) is 2.52. The predicted octanol–water partition coefficient (Wildman–Crippen LogP) is 1.25. The van der Waals surface area contributed by atoms with Crippen LogP contribution in [0.1, 0.15) is 6.92 Å². The summed E-state index contributed by atoms with van der Waals surface area (Å²) in [6.07, 6.45) is 0. The normalized spacial score (nSPS) is 25.1. The molecule has 1 aromatic carbocycles. The lowest BCUT2D eigenvalue weighted by atomic mass is 9.97. The van der Waals surface area contributed by atoms with E-state index < -0.39 is 0 Å². The molecule has 5 nitrogen and oxygen atoms in total. The highest BCUT2D eigenvalue weighted by atomic mass is 16.6. The quantitative estimate of drug-likeness (QED) is 0.842. The fourth-order valence-electron chi connectivity index (χ4n) is 2.52. The molecule has 0 unspecified atom stereocenters. The predicted molar refractivity (Wildman–Crippen MR) is 71.6 cm³/mol. The van der Waals surface area contributed by atoms with Crippen LogP contribution in [0.2, 0.25) is 0 Å². The van der Waals surface area contributed by atoms with Crippen LogP contribution in [-0.2, 0) is 4.79 Å². The molecular formula is C14H18N2O3. The minimum absolute atomic E-state index is 0.0354. The van der Waals surface area contributed by atoms with Crippen LogP contribution in [0.3, 0.4) is 0 Å². The number of ether oxygens (including phenoxy) is 2. The summed E-state index contributed by atoms with van der Waals surface area (Å²) in [6, 6.07) is 5.50. The van der Waals surface area contributed by atoms with Crippen LogP contribution in [0.5, 0.6) is 11.5 Å². The van der Waals surface area contributed by atoms with Gasteiger partial charge in [-0.3, -0.25) is 4.79 Å². The highest BCUT2D eigenvalue weighted by molar-refractivity contribution is 5.93. The zero-order valence-corrected chi connectivity index (χ0v) is 10.9. The number of amides is 1. The van der Waals surface area contributed by atoms with Crippen molar-refractivity contribution in [3.8, 4) is 11.5 Å². The Balaban J connectivity index is 1.71. The Morgan fingerprint density at radius 1 is 1.26 bits per heavy atom. The molecule has 102 valence electrons. The van der Waals surface area contributed by atoms with Gasteiger partial charge in [0, 0.05) is 18.3 Å². The third kappa shape index (κ3) is 2.51. The molecule has 0 aliphatic carbocycles. The number of hydrogen-bond acceptors (Lipinski definition) is 4. The Bertz CT molecular complexity index is 490. The molecule has 2 aliphatic heterocycles. The number of fused-ring (bicyclic) bond motifs is 1. The van der Waals surface area contributed by atoms with Gasteiger partial charge in [-0.1, -0.05) is 6.92 Å². The molecule has 2 aliphatic rings. The van der Waals surface area contributed by atoms with Crippen LogP contribution in [0, 0.1) is 11.8 Å². The first-order valence-electron chi connectivity index (χ1n) is 6.65. The third-order valence-electron chi connectivity index (χ3n) is 3.66. The van der Waals surface area contributed by atoms with Gasteiger partial charge in [-0.2, -0.15) is 0 Å². The van der Waals surface area contributed by atoms with Crippen molar-refractivity contribution in [3.05, 3.63) is 18.2 Å². The molecule has 0 bridgehead atoms. The van der Waals surface area contributed by atoms with Gasteiger partial charge in [0.2, 0.25) is 5.91 Å².